The lowest BCUT2D eigenvalue weighted by molar-refractivity contribution is 0.632. The van der Waals surface area contributed by atoms with Crippen LogP contribution in [0.1, 0.15) is 69.9 Å². The van der Waals surface area contributed by atoms with Gasteiger partial charge in [0.05, 0.1) is 0 Å². The van der Waals surface area contributed by atoms with Crippen molar-refractivity contribution < 1.29 is 0 Å². The molecule has 0 saturated carbocycles. The zero-order valence-corrected chi connectivity index (χ0v) is 16.9. The van der Waals surface area contributed by atoms with Gasteiger partial charge in [-0.15, -0.1) is 0 Å². The maximum atomic E-state index is 4.58. The fourth-order valence-electron chi connectivity index (χ4n) is 3.54. The van der Waals surface area contributed by atoms with Crippen LogP contribution in [0.5, 0.6) is 0 Å². The molecule has 0 aliphatic carbocycles. The Labute approximate surface area is 164 Å². The van der Waals surface area contributed by atoms with Gasteiger partial charge >= 0.3 is 0 Å². The molecular formula is C25H32N2. The zero-order valence-electron chi connectivity index (χ0n) is 16.9. The van der Waals surface area contributed by atoms with Crippen molar-refractivity contribution in [2.24, 2.45) is 0 Å². The third-order valence-electron chi connectivity index (χ3n) is 5.26. The zero-order chi connectivity index (χ0) is 18.9. The first-order valence-corrected chi connectivity index (χ1v) is 10.6. The van der Waals surface area contributed by atoms with Gasteiger partial charge < -0.3 is 0 Å². The van der Waals surface area contributed by atoms with Gasteiger partial charge in [-0.1, -0.05) is 76.3 Å². The van der Waals surface area contributed by atoms with Crippen molar-refractivity contribution in [1.29, 1.82) is 0 Å². The summed E-state index contributed by atoms with van der Waals surface area (Å²) in [6.07, 6.45) is 15.3. The van der Waals surface area contributed by atoms with Crippen molar-refractivity contribution in [3.63, 3.8) is 0 Å². The number of rotatable bonds is 10. The summed E-state index contributed by atoms with van der Waals surface area (Å²) < 4.78 is 0. The quantitative estimate of drug-likeness (QED) is 0.359. The molecule has 3 rings (SSSR count). The van der Waals surface area contributed by atoms with Gasteiger partial charge in [-0.3, -0.25) is 0 Å². The van der Waals surface area contributed by atoms with Gasteiger partial charge in [-0.05, 0) is 53.6 Å². The van der Waals surface area contributed by atoms with Crippen LogP contribution in [0.2, 0.25) is 0 Å². The number of aryl methyl sites for hydroxylation is 2. The first-order chi connectivity index (χ1) is 13.3. The molecule has 0 spiro atoms. The molecule has 0 atom stereocenters. The van der Waals surface area contributed by atoms with Gasteiger partial charge in [0.2, 0.25) is 0 Å². The van der Waals surface area contributed by atoms with E-state index in [1.165, 1.54) is 73.3 Å². The Hall–Kier alpha value is -2.22. The third kappa shape index (κ3) is 5.63. The maximum absolute atomic E-state index is 4.58. The highest BCUT2D eigenvalue weighted by molar-refractivity contribution is 5.87. The molecule has 0 amide bonds. The summed E-state index contributed by atoms with van der Waals surface area (Å²) in [5.41, 5.74) is 3.77. The maximum Gasteiger partial charge on any atom is 0.159 e. The largest absolute Gasteiger partial charge is 0.236 e. The second-order valence-electron chi connectivity index (χ2n) is 7.58. The highest BCUT2D eigenvalue weighted by Crippen LogP contribution is 2.24. The van der Waals surface area contributed by atoms with Gasteiger partial charge in [-0.2, -0.15) is 0 Å². The Bertz CT molecular complexity index is 837. The van der Waals surface area contributed by atoms with E-state index in [1.54, 1.807) is 0 Å². The Balaban J connectivity index is 1.67. The molecule has 1 heterocycles. The van der Waals surface area contributed by atoms with Crippen LogP contribution in [0.4, 0.5) is 0 Å². The molecule has 0 fully saturated rings. The molecule has 0 radical (unpaired) electrons. The van der Waals surface area contributed by atoms with E-state index in [4.69, 9.17) is 0 Å². The fourth-order valence-corrected chi connectivity index (χ4v) is 3.54. The van der Waals surface area contributed by atoms with Gasteiger partial charge in [0.25, 0.3) is 0 Å². The molecule has 2 nitrogen and oxygen atoms in total. The summed E-state index contributed by atoms with van der Waals surface area (Å²) in [5.74, 6) is 0.817. The van der Waals surface area contributed by atoms with E-state index >= 15 is 0 Å². The Morgan fingerprint density at radius 3 is 2.07 bits per heavy atom. The third-order valence-corrected chi connectivity index (χ3v) is 5.26. The summed E-state index contributed by atoms with van der Waals surface area (Å²) in [5, 5.41) is 2.57. The van der Waals surface area contributed by atoms with Crippen molar-refractivity contribution in [3.05, 3.63) is 59.9 Å². The molecular weight excluding hydrogens is 328 g/mol. The second-order valence-corrected chi connectivity index (χ2v) is 7.58. The predicted molar refractivity (Wildman–Crippen MR) is 116 cm³/mol. The molecule has 3 aromatic rings. The number of fused-ring (bicyclic) bond motifs is 1. The molecule has 0 aliphatic rings. The van der Waals surface area contributed by atoms with Gasteiger partial charge in [0, 0.05) is 18.0 Å². The summed E-state index contributed by atoms with van der Waals surface area (Å²) in [4.78, 5) is 9.16. The highest BCUT2D eigenvalue weighted by Gasteiger charge is 2.04. The first kappa shape index (κ1) is 19.5. The molecule has 27 heavy (non-hydrogen) atoms. The Morgan fingerprint density at radius 2 is 1.30 bits per heavy atom. The molecule has 1 aromatic heterocycles. The van der Waals surface area contributed by atoms with Crippen LogP contribution in [-0.2, 0) is 12.8 Å². The normalized spacial score (nSPS) is 11.2. The smallest absolute Gasteiger partial charge is 0.159 e. The second kappa shape index (κ2) is 10.2. The number of hydrogen-bond acceptors (Lipinski definition) is 2. The highest BCUT2D eigenvalue weighted by atomic mass is 14.9. The van der Waals surface area contributed by atoms with E-state index in [-0.39, 0.29) is 0 Å². The van der Waals surface area contributed by atoms with Gasteiger partial charge in [0.15, 0.2) is 5.82 Å². The topological polar surface area (TPSA) is 25.8 Å². The molecule has 0 unspecified atom stereocenters. The number of nitrogens with zero attached hydrogens (tertiary/aromatic N) is 2. The molecule has 0 bridgehead atoms. The van der Waals surface area contributed by atoms with Crippen LogP contribution in [0.3, 0.4) is 0 Å². The van der Waals surface area contributed by atoms with Crippen LogP contribution in [0.15, 0.2) is 48.8 Å². The van der Waals surface area contributed by atoms with E-state index in [9.17, 15) is 0 Å². The molecule has 0 aliphatic heterocycles. The molecule has 142 valence electrons. The van der Waals surface area contributed by atoms with E-state index in [2.05, 4.69) is 60.2 Å². The minimum Gasteiger partial charge on any atom is -0.236 e. The standard InChI is InChI=1S/C25H32N2/c1-3-5-7-8-9-11-20-12-13-23-17-24(15-14-22(23)16-20)25-26-18-21(19-27-25)10-6-4-2/h12-19H,3-11H2,1-2H3. The van der Waals surface area contributed by atoms with Crippen LogP contribution in [0.25, 0.3) is 22.2 Å². The van der Waals surface area contributed by atoms with Crippen LogP contribution in [-0.4, -0.2) is 9.97 Å². The molecule has 2 heteroatoms. The summed E-state index contributed by atoms with van der Waals surface area (Å²) >= 11 is 0. The number of hydrogen-bond donors (Lipinski definition) is 0. The van der Waals surface area contributed by atoms with Crippen molar-refractivity contribution in [1.82, 2.24) is 9.97 Å². The number of benzene rings is 2. The summed E-state index contributed by atoms with van der Waals surface area (Å²) in [7, 11) is 0. The minimum absolute atomic E-state index is 0.817. The number of unbranched alkanes of at least 4 members (excludes halogenated alkanes) is 5. The monoisotopic (exact) mass is 360 g/mol. The number of aromatic nitrogens is 2. The van der Waals surface area contributed by atoms with Gasteiger partial charge in [-0.25, -0.2) is 9.97 Å². The average molecular weight is 361 g/mol. The van der Waals surface area contributed by atoms with Crippen LogP contribution in [0, 0.1) is 0 Å². The van der Waals surface area contributed by atoms with E-state index in [1.807, 2.05) is 12.4 Å². The lowest BCUT2D eigenvalue weighted by Crippen LogP contribution is -1.93. The lowest BCUT2D eigenvalue weighted by Gasteiger charge is -2.07. The van der Waals surface area contributed by atoms with Crippen LogP contribution < -0.4 is 0 Å². The van der Waals surface area contributed by atoms with Crippen LogP contribution >= 0.6 is 0 Å². The van der Waals surface area contributed by atoms with E-state index < -0.39 is 0 Å². The van der Waals surface area contributed by atoms with Crippen molar-refractivity contribution in [3.8, 4) is 11.4 Å². The van der Waals surface area contributed by atoms with Crippen molar-refractivity contribution in [2.75, 3.05) is 0 Å². The van der Waals surface area contributed by atoms with Crippen molar-refractivity contribution >= 4 is 10.8 Å². The minimum atomic E-state index is 0.817. The lowest BCUT2D eigenvalue weighted by atomic mass is 10.0. The van der Waals surface area contributed by atoms with Gasteiger partial charge in [0.1, 0.15) is 0 Å². The molecule has 0 saturated heterocycles. The summed E-state index contributed by atoms with van der Waals surface area (Å²) in [6, 6.07) is 13.4. The molecule has 0 N–H and O–H groups in total. The average Bonchev–Trinajstić information content (AvgIpc) is 2.72. The van der Waals surface area contributed by atoms with E-state index in [0.717, 1.165) is 17.8 Å². The van der Waals surface area contributed by atoms with Crippen molar-refractivity contribution in [2.45, 2.75) is 71.6 Å². The Kier molecular flexibility index (Phi) is 7.38. The predicted octanol–water partition coefficient (Wildman–Crippen LogP) is 7.15. The SMILES string of the molecule is CCCCCCCc1ccc2cc(-c3ncc(CCCC)cn3)ccc2c1. The summed E-state index contributed by atoms with van der Waals surface area (Å²) in [6.45, 7) is 4.48. The van der Waals surface area contributed by atoms with E-state index in [0.29, 0.717) is 0 Å². The first-order valence-electron chi connectivity index (χ1n) is 10.6. The molecule has 2 aromatic carbocycles. The Morgan fingerprint density at radius 1 is 0.630 bits per heavy atom. The fraction of sp³-hybridized carbons (Fsp3) is 0.440.